The first kappa shape index (κ1) is 11.8. The Morgan fingerprint density at radius 1 is 1.18 bits per heavy atom. The minimum absolute atomic E-state index is 0.243. The number of nitrogens with two attached hydrogens (primary N) is 1. The van der Waals surface area contributed by atoms with Crippen molar-refractivity contribution < 1.29 is 0 Å². The third-order valence-electron chi connectivity index (χ3n) is 1.89. The monoisotopic (exact) mass is 262 g/mol. The summed E-state index contributed by atoms with van der Waals surface area (Å²) < 4.78 is 0. The summed E-state index contributed by atoms with van der Waals surface area (Å²) in [5.74, 6) is 0. The van der Waals surface area contributed by atoms with Crippen molar-refractivity contribution in [2.24, 2.45) is 5.73 Å². The molecule has 6 heteroatoms. The molecule has 2 aromatic rings. The second-order valence-corrected chi connectivity index (χ2v) is 4.57. The smallest absolute Gasteiger partial charge is 0.192 e. The van der Waals surface area contributed by atoms with Crippen LogP contribution in [-0.4, -0.2) is 15.1 Å². The topological polar surface area (TPSA) is 63.8 Å². The molecule has 0 saturated carbocycles. The summed E-state index contributed by atoms with van der Waals surface area (Å²) in [5, 5.41) is 3.85. The van der Waals surface area contributed by atoms with E-state index in [4.69, 9.17) is 18.0 Å². The van der Waals surface area contributed by atoms with E-state index in [9.17, 15) is 0 Å². The van der Waals surface area contributed by atoms with E-state index in [2.05, 4.69) is 15.3 Å². The van der Waals surface area contributed by atoms with Gasteiger partial charge in [-0.1, -0.05) is 12.1 Å². The summed E-state index contributed by atoms with van der Waals surface area (Å²) in [6.45, 7) is 0. The van der Waals surface area contributed by atoms with Crippen molar-refractivity contribution in [1.29, 1.82) is 0 Å². The van der Waals surface area contributed by atoms with Gasteiger partial charge in [-0.15, -0.1) is 0 Å². The molecule has 1 aromatic heterocycles. The minimum atomic E-state index is 0.243. The number of para-hydroxylation sites is 1. The summed E-state index contributed by atoms with van der Waals surface area (Å²) in [6, 6.07) is 9.50. The zero-order chi connectivity index (χ0) is 12.1. The molecule has 1 aromatic carbocycles. The first-order chi connectivity index (χ1) is 8.25. The summed E-state index contributed by atoms with van der Waals surface area (Å²) in [6.07, 6.45) is 3.41. The van der Waals surface area contributed by atoms with Crippen LogP contribution in [0.3, 0.4) is 0 Å². The summed E-state index contributed by atoms with van der Waals surface area (Å²) in [5.41, 5.74) is 6.33. The summed E-state index contributed by atoms with van der Waals surface area (Å²) in [7, 11) is 0. The Morgan fingerprint density at radius 3 is 2.59 bits per heavy atom. The van der Waals surface area contributed by atoms with Gasteiger partial charge >= 0.3 is 0 Å². The van der Waals surface area contributed by atoms with E-state index in [0.717, 1.165) is 10.6 Å². The average Bonchev–Trinajstić information content (AvgIpc) is 2.32. The number of rotatable bonds is 3. The molecule has 0 atom stereocenters. The summed E-state index contributed by atoms with van der Waals surface area (Å²) in [4.78, 5) is 9.29. The Bertz CT molecular complexity index is 516. The van der Waals surface area contributed by atoms with Crippen LogP contribution in [0.5, 0.6) is 0 Å². The van der Waals surface area contributed by atoms with E-state index >= 15 is 0 Å². The molecule has 0 saturated heterocycles. The second kappa shape index (κ2) is 5.60. The van der Waals surface area contributed by atoms with E-state index in [1.54, 1.807) is 18.5 Å². The molecule has 0 fully saturated rings. The Labute approximate surface area is 109 Å². The van der Waals surface area contributed by atoms with Gasteiger partial charge in [0.2, 0.25) is 0 Å². The standard InChI is InChI=1S/C11H10N4S2/c12-10(16)15-8-4-1-2-5-9(8)17-11-13-6-3-7-14-11/h1-7H,(H3,12,15,16). The van der Waals surface area contributed by atoms with Gasteiger partial charge in [0.1, 0.15) is 0 Å². The van der Waals surface area contributed by atoms with Gasteiger partial charge in [-0.2, -0.15) is 0 Å². The highest BCUT2D eigenvalue weighted by Crippen LogP contribution is 2.30. The Hall–Kier alpha value is -1.66. The van der Waals surface area contributed by atoms with E-state index in [0.29, 0.717) is 5.16 Å². The van der Waals surface area contributed by atoms with Crippen LogP contribution in [-0.2, 0) is 0 Å². The predicted molar refractivity (Wildman–Crippen MR) is 73.0 cm³/mol. The maximum absolute atomic E-state index is 5.47. The molecule has 3 N–H and O–H groups in total. The number of anilines is 1. The molecule has 0 bridgehead atoms. The summed E-state index contributed by atoms with van der Waals surface area (Å²) >= 11 is 6.28. The van der Waals surface area contributed by atoms with Crippen LogP contribution in [0.1, 0.15) is 0 Å². The lowest BCUT2D eigenvalue weighted by Crippen LogP contribution is -2.19. The highest BCUT2D eigenvalue weighted by molar-refractivity contribution is 7.99. The number of hydrogen-bond acceptors (Lipinski definition) is 4. The molecule has 1 heterocycles. The van der Waals surface area contributed by atoms with Gasteiger partial charge in [0.15, 0.2) is 10.3 Å². The molecule has 0 aliphatic heterocycles. The Balaban J connectivity index is 2.23. The van der Waals surface area contributed by atoms with Gasteiger partial charge in [0, 0.05) is 17.3 Å². The molecular formula is C11H10N4S2. The van der Waals surface area contributed by atoms with Crippen molar-refractivity contribution in [1.82, 2.24) is 9.97 Å². The van der Waals surface area contributed by atoms with E-state index in [-0.39, 0.29) is 5.11 Å². The predicted octanol–water partition coefficient (Wildman–Crippen LogP) is 2.28. The number of thiocarbonyl (C=S) groups is 1. The fourth-order valence-electron chi connectivity index (χ4n) is 1.23. The molecule has 0 spiro atoms. The number of nitrogens with zero attached hydrogens (tertiary/aromatic N) is 2. The zero-order valence-electron chi connectivity index (χ0n) is 8.83. The van der Waals surface area contributed by atoms with Gasteiger partial charge in [-0.05, 0) is 42.2 Å². The van der Waals surface area contributed by atoms with Gasteiger partial charge < -0.3 is 11.1 Å². The van der Waals surface area contributed by atoms with E-state index < -0.39 is 0 Å². The van der Waals surface area contributed by atoms with Crippen LogP contribution < -0.4 is 11.1 Å². The van der Waals surface area contributed by atoms with Gasteiger partial charge in [-0.25, -0.2) is 9.97 Å². The molecule has 4 nitrogen and oxygen atoms in total. The van der Waals surface area contributed by atoms with Crippen LogP contribution in [0.2, 0.25) is 0 Å². The van der Waals surface area contributed by atoms with Crippen molar-refractivity contribution in [3.05, 3.63) is 42.7 Å². The fraction of sp³-hybridized carbons (Fsp3) is 0. The van der Waals surface area contributed by atoms with Crippen LogP contribution >= 0.6 is 24.0 Å². The molecular weight excluding hydrogens is 252 g/mol. The van der Waals surface area contributed by atoms with E-state index in [1.165, 1.54) is 11.8 Å². The van der Waals surface area contributed by atoms with Gasteiger partial charge in [0.25, 0.3) is 0 Å². The second-order valence-electron chi connectivity index (χ2n) is 3.12. The number of nitrogens with one attached hydrogen (secondary N) is 1. The zero-order valence-corrected chi connectivity index (χ0v) is 10.5. The van der Waals surface area contributed by atoms with Crippen LogP contribution in [0.25, 0.3) is 0 Å². The maximum Gasteiger partial charge on any atom is 0.192 e. The fourth-order valence-corrected chi connectivity index (χ4v) is 2.14. The third-order valence-corrected chi connectivity index (χ3v) is 2.96. The van der Waals surface area contributed by atoms with Crippen molar-refractivity contribution in [3.8, 4) is 0 Å². The molecule has 0 amide bonds. The quantitative estimate of drug-likeness (QED) is 0.653. The number of benzene rings is 1. The van der Waals surface area contributed by atoms with Crippen LogP contribution in [0, 0.1) is 0 Å². The highest BCUT2D eigenvalue weighted by Gasteiger charge is 2.05. The van der Waals surface area contributed by atoms with Crippen molar-refractivity contribution in [2.45, 2.75) is 10.1 Å². The molecule has 0 aliphatic carbocycles. The van der Waals surface area contributed by atoms with Crippen molar-refractivity contribution in [2.75, 3.05) is 5.32 Å². The average molecular weight is 262 g/mol. The van der Waals surface area contributed by atoms with Gasteiger partial charge in [0.05, 0.1) is 5.69 Å². The molecule has 2 rings (SSSR count). The highest BCUT2D eigenvalue weighted by atomic mass is 32.2. The lowest BCUT2D eigenvalue weighted by Gasteiger charge is -2.08. The largest absolute Gasteiger partial charge is 0.376 e. The molecule has 17 heavy (non-hydrogen) atoms. The van der Waals surface area contributed by atoms with Crippen molar-refractivity contribution >= 4 is 34.8 Å². The first-order valence-corrected chi connectivity index (χ1v) is 6.08. The Morgan fingerprint density at radius 2 is 1.88 bits per heavy atom. The molecule has 0 unspecified atom stereocenters. The van der Waals surface area contributed by atoms with E-state index in [1.807, 2.05) is 24.3 Å². The Kier molecular flexibility index (Phi) is 3.89. The number of aromatic nitrogens is 2. The van der Waals surface area contributed by atoms with Crippen LogP contribution in [0.15, 0.2) is 52.8 Å². The van der Waals surface area contributed by atoms with Crippen LogP contribution in [0.4, 0.5) is 5.69 Å². The molecule has 0 aliphatic rings. The number of hydrogen-bond donors (Lipinski definition) is 2. The maximum atomic E-state index is 5.47. The first-order valence-electron chi connectivity index (χ1n) is 4.86. The normalized spacial score (nSPS) is 9.88. The third kappa shape index (κ3) is 3.40. The van der Waals surface area contributed by atoms with Gasteiger partial charge in [-0.3, -0.25) is 0 Å². The van der Waals surface area contributed by atoms with Crippen molar-refractivity contribution in [3.63, 3.8) is 0 Å². The lowest BCUT2D eigenvalue weighted by molar-refractivity contribution is 0.967. The lowest BCUT2D eigenvalue weighted by atomic mass is 10.3. The molecule has 86 valence electrons. The minimum Gasteiger partial charge on any atom is -0.376 e. The SMILES string of the molecule is NC(=S)Nc1ccccc1Sc1ncccn1. The molecule has 0 radical (unpaired) electrons.